The van der Waals surface area contributed by atoms with Gasteiger partial charge in [0.25, 0.3) is 0 Å². The van der Waals surface area contributed by atoms with Gasteiger partial charge in [0.2, 0.25) is 0 Å². The molecule has 1 aliphatic carbocycles. The van der Waals surface area contributed by atoms with Crippen molar-refractivity contribution in [2.24, 2.45) is 0 Å². The molecule has 0 N–H and O–H groups in total. The van der Waals surface area contributed by atoms with E-state index in [1.165, 1.54) is 38.9 Å². The van der Waals surface area contributed by atoms with Crippen molar-refractivity contribution in [3.05, 3.63) is 216 Å². The van der Waals surface area contributed by atoms with E-state index in [9.17, 15) is 0 Å². The number of benzene rings is 8. The molecule has 0 atom stereocenters. The smallest absolute Gasteiger partial charge is 0.160 e. The number of hydrogen-bond donors (Lipinski definition) is 0. The molecule has 252 valence electrons. The van der Waals surface area contributed by atoms with Crippen LogP contribution in [0, 0.1) is 0 Å². The summed E-state index contributed by atoms with van der Waals surface area (Å²) in [6.07, 6.45) is 0. The van der Waals surface area contributed by atoms with E-state index < -0.39 is 5.41 Å². The zero-order valence-corrected chi connectivity index (χ0v) is 29.3. The van der Waals surface area contributed by atoms with Crippen LogP contribution in [0.2, 0.25) is 0 Å². The Labute approximate surface area is 313 Å². The second-order valence-electron chi connectivity index (χ2n) is 14.1. The molecule has 0 bridgehead atoms. The fourth-order valence-electron chi connectivity index (χ4n) is 8.83. The largest absolute Gasteiger partial charge is 0.457 e. The predicted octanol–water partition coefficient (Wildman–Crippen LogP) is 12.8. The van der Waals surface area contributed by atoms with Gasteiger partial charge in [-0.25, -0.2) is 9.97 Å². The Morgan fingerprint density at radius 3 is 1.63 bits per heavy atom. The van der Waals surface area contributed by atoms with Crippen LogP contribution in [0.3, 0.4) is 0 Å². The van der Waals surface area contributed by atoms with Crippen LogP contribution in [-0.4, -0.2) is 9.97 Å². The van der Waals surface area contributed by atoms with Crippen LogP contribution in [0.25, 0.3) is 66.9 Å². The Morgan fingerprint density at radius 1 is 0.352 bits per heavy atom. The number of hydrogen-bond acceptors (Lipinski definition) is 3. The van der Waals surface area contributed by atoms with Crippen LogP contribution in [-0.2, 0) is 5.41 Å². The maximum absolute atomic E-state index is 6.71. The summed E-state index contributed by atoms with van der Waals surface area (Å²) in [4.78, 5) is 10.0. The molecule has 3 nitrogen and oxygen atoms in total. The first kappa shape index (κ1) is 30.5. The van der Waals surface area contributed by atoms with E-state index >= 15 is 0 Å². The Morgan fingerprint density at radius 2 is 0.889 bits per heavy atom. The molecule has 0 radical (unpaired) electrons. The SMILES string of the molecule is c1ccc(-c2nc(-c3ccc(-c4ccccc4-c4ccc5c(c4)C4(c6ccccc6O5)c5ccccc5-c5ccccc54)cc3)c3ccccc3n2)cc1. The van der Waals surface area contributed by atoms with Crippen molar-refractivity contribution >= 4 is 10.9 Å². The minimum atomic E-state index is -0.511. The summed E-state index contributed by atoms with van der Waals surface area (Å²) in [5, 5.41) is 1.03. The van der Waals surface area contributed by atoms with Gasteiger partial charge in [-0.15, -0.1) is 0 Å². The van der Waals surface area contributed by atoms with Gasteiger partial charge in [0.1, 0.15) is 11.5 Å². The van der Waals surface area contributed by atoms with Crippen molar-refractivity contribution in [1.29, 1.82) is 0 Å². The molecular formula is C51H32N2O. The highest BCUT2D eigenvalue weighted by molar-refractivity contribution is 5.95. The third-order valence-electron chi connectivity index (χ3n) is 11.2. The maximum atomic E-state index is 6.71. The van der Waals surface area contributed by atoms with Crippen LogP contribution < -0.4 is 4.74 Å². The fourth-order valence-corrected chi connectivity index (χ4v) is 8.83. The summed E-state index contributed by atoms with van der Waals surface area (Å²) in [6.45, 7) is 0. The van der Waals surface area contributed by atoms with Gasteiger partial charge in [0.15, 0.2) is 5.82 Å². The molecule has 0 saturated heterocycles. The van der Waals surface area contributed by atoms with Gasteiger partial charge in [0.05, 0.1) is 16.6 Å². The van der Waals surface area contributed by atoms with Gasteiger partial charge in [-0.05, 0) is 68.8 Å². The van der Waals surface area contributed by atoms with Crippen molar-refractivity contribution in [1.82, 2.24) is 9.97 Å². The van der Waals surface area contributed by atoms with Gasteiger partial charge >= 0.3 is 0 Å². The highest BCUT2D eigenvalue weighted by Gasteiger charge is 2.51. The molecule has 2 heterocycles. The Balaban J connectivity index is 1.05. The van der Waals surface area contributed by atoms with Crippen LogP contribution >= 0.6 is 0 Å². The molecular weight excluding hydrogens is 657 g/mol. The van der Waals surface area contributed by atoms with E-state index in [1.807, 2.05) is 24.3 Å². The lowest BCUT2D eigenvalue weighted by Gasteiger charge is -2.39. The average molecular weight is 689 g/mol. The van der Waals surface area contributed by atoms with E-state index in [2.05, 4.69) is 170 Å². The van der Waals surface area contributed by atoms with Gasteiger partial charge in [-0.2, -0.15) is 0 Å². The van der Waals surface area contributed by atoms with E-state index in [4.69, 9.17) is 14.7 Å². The zero-order valence-electron chi connectivity index (χ0n) is 29.3. The standard InChI is InChI=1S/C51H32N2O/c1-2-14-35(15-3-1)50-52-46-24-12-8-20-41(46)49(53-50)34-28-26-33(27-29-34)37-16-4-5-17-38(37)36-30-31-48-45(32-36)51(44-23-11-13-25-47(44)54-48)42-21-9-6-18-39(42)40-19-7-10-22-43(40)51/h1-32H. The minimum absolute atomic E-state index is 0.511. The van der Waals surface area contributed by atoms with Crippen LogP contribution in [0.5, 0.6) is 11.5 Å². The molecule has 11 rings (SSSR count). The van der Waals surface area contributed by atoms with Crippen molar-refractivity contribution in [2.45, 2.75) is 5.41 Å². The van der Waals surface area contributed by atoms with Crippen LogP contribution in [0.1, 0.15) is 22.3 Å². The predicted molar refractivity (Wildman–Crippen MR) is 219 cm³/mol. The first-order valence-corrected chi connectivity index (χ1v) is 18.4. The summed E-state index contributed by atoms with van der Waals surface area (Å²) >= 11 is 0. The molecule has 0 amide bonds. The summed E-state index contributed by atoms with van der Waals surface area (Å²) in [6, 6.07) is 69.0. The van der Waals surface area contributed by atoms with E-state index in [0.717, 1.165) is 61.7 Å². The molecule has 9 aromatic rings. The lowest BCUT2D eigenvalue weighted by Crippen LogP contribution is -2.32. The van der Waals surface area contributed by atoms with Crippen molar-refractivity contribution in [3.63, 3.8) is 0 Å². The number of para-hydroxylation sites is 2. The fraction of sp³-hybridized carbons (Fsp3) is 0.0196. The first-order chi connectivity index (χ1) is 26.8. The normalized spacial score (nSPS) is 13.1. The summed E-state index contributed by atoms with van der Waals surface area (Å²) in [5.41, 5.74) is 15.5. The molecule has 0 saturated carbocycles. The van der Waals surface area contributed by atoms with Crippen LogP contribution in [0.4, 0.5) is 0 Å². The quantitative estimate of drug-likeness (QED) is 0.185. The third kappa shape index (κ3) is 4.49. The molecule has 3 heteroatoms. The van der Waals surface area contributed by atoms with Crippen molar-refractivity contribution in [2.75, 3.05) is 0 Å². The lowest BCUT2D eigenvalue weighted by atomic mass is 9.65. The lowest BCUT2D eigenvalue weighted by molar-refractivity contribution is 0.436. The highest BCUT2D eigenvalue weighted by atomic mass is 16.5. The Bertz CT molecular complexity index is 2870. The van der Waals surface area contributed by atoms with Gasteiger partial charge in [0, 0.05) is 27.6 Å². The number of rotatable bonds is 4. The number of nitrogens with zero attached hydrogens (tertiary/aromatic N) is 2. The molecule has 54 heavy (non-hydrogen) atoms. The number of aromatic nitrogens is 2. The molecule has 1 aromatic heterocycles. The van der Waals surface area contributed by atoms with Gasteiger partial charge in [-0.3, -0.25) is 0 Å². The highest BCUT2D eigenvalue weighted by Crippen LogP contribution is 2.62. The molecule has 8 aromatic carbocycles. The Hall–Kier alpha value is -7.10. The molecule has 1 aliphatic heterocycles. The Kier molecular flexibility index (Phi) is 6.77. The second kappa shape index (κ2) is 12.0. The maximum Gasteiger partial charge on any atom is 0.160 e. The average Bonchev–Trinajstić information content (AvgIpc) is 3.54. The number of ether oxygens (including phenoxy) is 1. The number of fused-ring (bicyclic) bond motifs is 10. The van der Waals surface area contributed by atoms with Gasteiger partial charge in [-0.1, -0.05) is 170 Å². The second-order valence-corrected chi connectivity index (χ2v) is 14.1. The minimum Gasteiger partial charge on any atom is -0.457 e. The van der Waals surface area contributed by atoms with E-state index in [1.54, 1.807) is 0 Å². The summed E-state index contributed by atoms with van der Waals surface area (Å²) < 4.78 is 6.71. The molecule has 1 spiro atoms. The molecule has 0 unspecified atom stereocenters. The molecule has 0 fully saturated rings. The van der Waals surface area contributed by atoms with Gasteiger partial charge < -0.3 is 4.74 Å². The third-order valence-corrected chi connectivity index (χ3v) is 11.2. The van der Waals surface area contributed by atoms with Crippen molar-refractivity contribution in [3.8, 4) is 67.5 Å². The summed E-state index contributed by atoms with van der Waals surface area (Å²) in [7, 11) is 0. The van der Waals surface area contributed by atoms with Crippen LogP contribution in [0.15, 0.2) is 194 Å². The zero-order chi connectivity index (χ0) is 35.6. The molecule has 2 aliphatic rings. The van der Waals surface area contributed by atoms with E-state index in [0.29, 0.717) is 0 Å². The first-order valence-electron chi connectivity index (χ1n) is 18.4. The topological polar surface area (TPSA) is 35.0 Å². The summed E-state index contributed by atoms with van der Waals surface area (Å²) in [5.74, 6) is 2.51. The monoisotopic (exact) mass is 688 g/mol. The van der Waals surface area contributed by atoms with Crippen molar-refractivity contribution < 1.29 is 4.74 Å². The van der Waals surface area contributed by atoms with E-state index in [-0.39, 0.29) is 0 Å².